The number of likely N-dealkylation sites (tertiary alicyclic amines) is 1. The Kier molecular flexibility index (Phi) is 6.21. The Balaban J connectivity index is 2.30. The van der Waals surface area contributed by atoms with Gasteiger partial charge in [-0.1, -0.05) is 0 Å². The van der Waals surface area contributed by atoms with Gasteiger partial charge in [0.25, 0.3) is 5.92 Å². The summed E-state index contributed by atoms with van der Waals surface area (Å²) in [6.45, 7) is 3.65. The summed E-state index contributed by atoms with van der Waals surface area (Å²) in [7, 11) is -2.39. The molecule has 0 saturated carbocycles. The maximum Gasteiger partial charge on any atom is 0.400 e. The second-order valence-corrected chi connectivity index (χ2v) is 8.62. The monoisotopic (exact) mass is 416 g/mol. The number of hydrogen-bond acceptors (Lipinski definition) is 3. The Hall–Kier alpha value is -1.29. The summed E-state index contributed by atoms with van der Waals surface area (Å²) >= 11 is 0. The number of nitrogens with zero attached hydrogens (tertiary/aromatic N) is 1. The third kappa shape index (κ3) is 5.84. The first-order valence-corrected chi connectivity index (χ1v) is 9.68. The van der Waals surface area contributed by atoms with Crippen LogP contribution >= 0.6 is 0 Å². The van der Waals surface area contributed by atoms with Crippen molar-refractivity contribution in [2.45, 2.75) is 56.3 Å². The third-order valence-corrected chi connectivity index (χ3v) is 5.99. The van der Waals surface area contributed by atoms with Crippen LogP contribution in [0.25, 0.3) is 0 Å². The molecule has 10 heteroatoms. The molecule has 154 valence electrons. The lowest BCUT2D eigenvalue weighted by Gasteiger charge is -2.38. The lowest BCUT2D eigenvalue weighted by molar-refractivity contribution is -0.105. The zero-order chi connectivity index (χ0) is 20.6. The summed E-state index contributed by atoms with van der Waals surface area (Å²) in [5.74, 6) is -5.22. The number of nitrogens with one attached hydrogen (secondary N) is 1. The predicted octanol–water partition coefficient (Wildman–Crippen LogP) is 4.68. The van der Waals surface area contributed by atoms with E-state index in [9.17, 15) is 30.6 Å². The summed E-state index contributed by atoms with van der Waals surface area (Å²) in [4.78, 5) is 1.35. The minimum Gasteiger partial charge on any atom is -0.365 e. The van der Waals surface area contributed by atoms with Gasteiger partial charge in [-0.05, 0) is 44.4 Å². The summed E-state index contributed by atoms with van der Waals surface area (Å²) < 4.78 is 90.9. The first-order chi connectivity index (χ1) is 12.2. The molecule has 0 spiro atoms. The van der Waals surface area contributed by atoms with Gasteiger partial charge in [0.1, 0.15) is 11.6 Å². The molecule has 0 amide bonds. The summed E-state index contributed by atoms with van der Waals surface area (Å²) in [6.07, 6.45) is -3.56. The van der Waals surface area contributed by atoms with E-state index in [0.29, 0.717) is 19.4 Å². The lowest BCUT2D eigenvalue weighted by atomic mass is 10.1. The van der Waals surface area contributed by atoms with Gasteiger partial charge in [0.2, 0.25) is 0 Å². The van der Waals surface area contributed by atoms with Crippen LogP contribution in [0.15, 0.2) is 17.0 Å². The minimum absolute atomic E-state index is 0.133. The van der Waals surface area contributed by atoms with Crippen molar-refractivity contribution in [2.75, 3.05) is 24.2 Å². The van der Waals surface area contributed by atoms with Crippen LogP contribution in [-0.2, 0) is 10.8 Å². The highest BCUT2D eigenvalue weighted by Gasteiger charge is 2.41. The molecule has 2 unspecified atom stereocenters. The van der Waals surface area contributed by atoms with Crippen LogP contribution in [0.1, 0.15) is 32.3 Å². The second-order valence-electron chi connectivity index (χ2n) is 7.20. The fourth-order valence-electron chi connectivity index (χ4n) is 3.26. The topological polar surface area (TPSA) is 32.3 Å². The van der Waals surface area contributed by atoms with Crippen molar-refractivity contribution in [3.63, 3.8) is 0 Å². The molecule has 1 aromatic carbocycles. The quantitative estimate of drug-likeness (QED) is 0.684. The zero-order valence-electron chi connectivity index (χ0n) is 15.2. The van der Waals surface area contributed by atoms with E-state index in [2.05, 4.69) is 5.32 Å². The van der Waals surface area contributed by atoms with Crippen LogP contribution in [0.4, 0.5) is 32.0 Å². The average Bonchev–Trinajstić information content (AvgIpc) is 2.79. The van der Waals surface area contributed by atoms with E-state index in [-0.39, 0.29) is 16.1 Å². The predicted molar refractivity (Wildman–Crippen MR) is 91.9 cm³/mol. The highest BCUT2D eigenvalue weighted by Crippen LogP contribution is 2.35. The van der Waals surface area contributed by atoms with Gasteiger partial charge in [-0.3, -0.25) is 9.11 Å². The highest BCUT2D eigenvalue weighted by molar-refractivity contribution is 7.85. The molecule has 2 rings (SSSR count). The largest absolute Gasteiger partial charge is 0.400 e. The molecule has 1 aliphatic rings. The smallest absolute Gasteiger partial charge is 0.365 e. The van der Waals surface area contributed by atoms with E-state index in [1.54, 1.807) is 6.92 Å². The van der Waals surface area contributed by atoms with Gasteiger partial charge < -0.3 is 5.32 Å². The number of rotatable bonds is 6. The van der Waals surface area contributed by atoms with E-state index >= 15 is 0 Å². The van der Waals surface area contributed by atoms with Crippen LogP contribution < -0.4 is 5.32 Å². The fraction of sp³-hybridized carbons (Fsp3) is 0.647. The van der Waals surface area contributed by atoms with Gasteiger partial charge in [0.15, 0.2) is 0 Å². The van der Waals surface area contributed by atoms with Gasteiger partial charge in [-0.25, -0.2) is 13.2 Å². The van der Waals surface area contributed by atoms with Gasteiger partial charge in [0, 0.05) is 18.4 Å². The van der Waals surface area contributed by atoms with Crippen LogP contribution in [0, 0.1) is 12.7 Å². The molecule has 0 radical (unpaired) electrons. The van der Waals surface area contributed by atoms with E-state index in [1.165, 1.54) is 11.8 Å². The molecule has 1 N–H and O–H groups in total. The summed E-state index contributed by atoms with van der Waals surface area (Å²) in [5.41, 5.74) is -1.01. The van der Waals surface area contributed by atoms with E-state index < -0.39 is 46.7 Å². The van der Waals surface area contributed by atoms with Gasteiger partial charge in [-0.2, -0.15) is 13.2 Å². The lowest BCUT2D eigenvalue weighted by Crippen LogP contribution is -2.51. The Labute approximate surface area is 156 Å². The maximum atomic E-state index is 14.4. The molecule has 3 nitrogen and oxygen atoms in total. The fourth-order valence-corrected chi connectivity index (χ4v) is 4.38. The standard InChI is InChI=1S/C17H22F6N2OS/c1-11-7-12(18)13(8-14(11)27(26)10-17(21,22)23)24-16(3)5-4-6-25(16)9-15(2,19)20/h7-8,24H,4-6,9-10H2,1-3H3. The summed E-state index contributed by atoms with van der Waals surface area (Å²) in [6, 6.07) is 2.08. The van der Waals surface area contributed by atoms with Crippen LogP contribution in [0.2, 0.25) is 0 Å². The number of aryl methyl sites for hydroxylation is 1. The van der Waals surface area contributed by atoms with Crippen molar-refractivity contribution in [1.29, 1.82) is 0 Å². The number of benzene rings is 1. The van der Waals surface area contributed by atoms with E-state index in [1.807, 2.05) is 0 Å². The second kappa shape index (κ2) is 7.62. The molecular formula is C17H22F6N2OS. The highest BCUT2D eigenvalue weighted by atomic mass is 32.2. The number of alkyl halides is 5. The maximum absolute atomic E-state index is 14.4. The van der Waals surface area contributed by atoms with Crippen molar-refractivity contribution in [3.8, 4) is 0 Å². The Bertz CT molecular complexity index is 719. The summed E-state index contributed by atoms with van der Waals surface area (Å²) in [5, 5.41) is 2.85. The van der Waals surface area contributed by atoms with E-state index in [4.69, 9.17) is 0 Å². The number of anilines is 1. The normalized spacial score (nSPS) is 22.9. The van der Waals surface area contributed by atoms with Crippen LogP contribution in [-0.4, -0.2) is 45.7 Å². The Morgan fingerprint density at radius 2 is 1.89 bits per heavy atom. The Morgan fingerprint density at radius 1 is 1.26 bits per heavy atom. The van der Waals surface area contributed by atoms with E-state index in [0.717, 1.165) is 19.1 Å². The molecule has 1 saturated heterocycles. The van der Waals surface area contributed by atoms with Crippen LogP contribution in [0.3, 0.4) is 0 Å². The molecular weight excluding hydrogens is 394 g/mol. The van der Waals surface area contributed by atoms with Gasteiger partial charge in [0.05, 0.1) is 28.7 Å². The first-order valence-electron chi connectivity index (χ1n) is 8.36. The zero-order valence-corrected chi connectivity index (χ0v) is 16.0. The van der Waals surface area contributed by atoms with Gasteiger partial charge in [-0.15, -0.1) is 0 Å². The Morgan fingerprint density at radius 3 is 2.44 bits per heavy atom. The molecule has 0 aliphatic carbocycles. The first kappa shape index (κ1) is 22.0. The number of halogens is 6. The average molecular weight is 416 g/mol. The molecule has 1 aliphatic heterocycles. The minimum atomic E-state index is -4.62. The van der Waals surface area contributed by atoms with Crippen molar-refractivity contribution < 1.29 is 30.6 Å². The molecule has 2 atom stereocenters. The molecule has 27 heavy (non-hydrogen) atoms. The van der Waals surface area contributed by atoms with Gasteiger partial charge >= 0.3 is 6.18 Å². The molecule has 1 heterocycles. The van der Waals surface area contributed by atoms with Crippen molar-refractivity contribution >= 4 is 16.5 Å². The van der Waals surface area contributed by atoms with Crippen molar-refractivity contribution in [2.24, 2.45) is 0 Å². The number of hydrogen-bond donors (Lipinski definition) is 1. The SMILES string of the molecule is Cc1cc(F)c(NC2(C)CCCN2CC(C)(F)F)cc1S(=O)CC(F)(F)F. The molecule has 1 aromatic rings. The van der Waals surface area contributed by atoms with Crippen LogP contribution in [0.5, 0.6) is 0 Å². The molecule has 1 fully saturated rings. The molecule has 0 bridgehead atoms. The van der Waals surface area contributed by atoms with Crippen molar-refractivity contribution in [1.82, 2.24) is 4.90 Å². The third-order valence-electron chi connectivity index (χ3n) is 4.47. The molecule has 0 aromatic heterocycles. The van der Waals surface area contributed by atoms with Crippen molar-refractivity contribution in [3.05, 3.63) is 23.5 Å².